The van der Waals surface area contributed by atoms with Gasteiger partial charge in [-0.1, -0.05) is 43.3 Å². The summed E-state index contributed by atoms with van der Waals surface area (Å²) in [6, 6.07) is 20.2. The van der Waals surface area contributed by atoms with Gasteiger partial charge in [0.1, 0.15) is 5.78 Å². The largest absolute Gasteiger partial charge is 0.466 e. The highest BCUT2D eigenvalue weighted by molar-refractivity contribution is 6.02. The zero-order valence-corrected chi connectivity index (χ0v) is 66.2. The highest BCUT2D eigenvalue weighted by atomic mass is 16.7. The van der Waals surface area contributed by atoms with Crippen LogP contribution in [0.1, 0.15) is 141 Å². The molecule has 0 aromatic heterocycles. The summed E-state index contributed by atoms with van der Waals surface area (Å²) in [5.41, 5.74) is 8.88. The first-order valence-electron chi connectivity index (χ1n) is 37.7. The zero-order valence-electron chi connectivity index (χ0n) is 66.2. The summed E-state index contributed by atoms with van der Waals surface area (Å²) in [6.45, 7) is 24.1. The van der Waals surface area contributed by atoms with Gasteiger partial charge in [0.05, 0.1) is 107 Å². The molecular weight excluding hydrogens is 1430 g/mol. The van der Waals surface area contributed by atoms with Crippen LogP contribution in [0.5, 0.6) is 0 Å². The van der Waals surface area contributed by atoms with Crippen molar-refractivity contribution in [2.24, 2.45) is 5.92 Å². The molecule has 30 heteroatoms. The average molecular weight is 1540 g/mol. The number of dihydropyridines is 3. The number of anilines is 3. The van der Waals surface area contributed by atoms with E-state index < -0.39 is 53.6 Å². The van der Waals surface area contributed by atoms with Crippen molar-refractivity contribution >= 4 is 76.8 Å². The third-order valence-corrected chi connectivity index (χ3v) is 20.7. The van der Waals surface area contributed by atoms with Gasteiger partial charge >= 0.3 is 53.9 Å². The van der Waals surface area contributed by atoms with E-state index in [0.29, 0.717) is 153 Å². The minimum atomic E-state index is -0.729. The third kappa shape index (κ3) is 23.3. The number of piperidine rings is 3. The lowest BCUT2D eigenvalue weighted by Crippen LogP contribution is -2.45. The molecule has 111 heavy (non-hydrogen) atoms. The number of carbonyl (C=O) groups excluding carboxylic acids is 10. The van der Waals surface area contributed by atoms with Gasteiger partial charge in [-0.25, -0.2) is 43.2 Å². The number of ketones is 1. The molecule has 0 atom stereocenters. The molecule has 30 nitrogen and oxygen atoms in total. The Kier molecular flexibility index (Phi) is 32.3. The Morgan fingerprint density at radius 2 is 0.685 bits per heavy atom. The van der Waals surface area contributed by atoms with Crippen molar-refractivity contribution in [3.8, 4) is 0 Å². The van der Waals surface area contributed by atoms with E-state index in [1.165, 1.54) is 55.5 Å². The van der Waals surface area contributed by atoms with Gasteiger partial charge in [-0.3, -0.25) is 4.79 Å². The summed E-state index contributed by atoms with van der Waals surface area (Å²) in [6.07, 6.45) is 7.88. The van der Waals surface area contributed by atoms with Crippen molar-refractivity contribution in [2.75, 3.05) is 150 Å². The lowest BCUT2D eigenvalue weighted by molar-refractivity contribution is -0.185. The van der Waals surface area contributed by atoms with E-state index in [9.17, 15) is 47.9 Å². The average Bonchev–Trinajstić information content (AvgIpc) is 1.34. The quantitative estimate of drug-likeness (QED) is 0.0230. The van der Waals surface area contributed by atoms with E-state index in [4.69, 9.17) is 37.9 Å². The third-order valence-electron chi connectivity index (χ3n) is 20.7. The minimum Gasteiger partial charge on any atom is -0.466 e. The van der Waals surface area contributed by atoms with Crippen molar-refractivity contribution in [1.82, 2.24) is 46.6 Å². The topological polar surface area (TPSA) is 363 Å². The number of nitrogens with one attached hydrogen (secondary N) is 9. The molecule has 7 heterocycles. The van der Waals surface area contributed by atoms with Crippen LogP contribution in [-0.2, 0) is 71.5 Å². The van der Waals surface area contributed by atoms with E-state index in [2.05, 4.69) is 69.5 Å². The number of rotatable bonds is 24. The number of amides is 6. The Balaban J connectivity index is 0.000000209. The SMILES string of the molecule is COC(=O)C1=C(C)NC(C)=C(C(=O)OC)C1c1cccc(NC(=O)NCCCN2CCC(=O)CC2)c1.COC(=O)C1=C(C)NC(C)=C(C(=O)OC)C1c1cccc(NC(=O)NCCCN2CCC(C)CC2)c1.COC(=O)C1=C(C)NC(C)=C(C(=O)OC)C1c1cccc(NC(=O)NCCCN2CCC3(CC2)OCCO3)c1. The molecular formula is C81H110N12O18. The maximum atomic E-state index is 12.7. The van der Waals surface area contributed by atoms with Gasteiger partial charge in [0, 0.05) is 123 Å². The van der Waals surface area contributed by atoms with E-state index in [-0.39, 0.29) is 23.9 Å². The molecule has 4 fully saturated rings. The van der Waals surface area contributed by atoms with Gasteiger partial charge in [-0.05, 0) is 165 Å². The second-order valence-electron chi connectivity index (χ2n) is 28.3. The van der Waals surface area contributed by atoms with Crippen LogP contribution in [0.4, 0.5) is 31.4 Å². The van der Waals surface area contributed by atoms with E-state index in [0.717, 1.165) is 96.9 Å². The fourth-order valence-electron chi connectivity index (χ4n) is 14.9. The fraction of sp³-hybridized carbons (Fsp3) is 0.506. The molecule has 9 N–H and O–H groups in total. The summed E-state index contributed by atoms with van der Waals surface area (Å²) in [4.78, 5) is 132. The van der Waals surface area contributed by atoms with E-state index in [1.807, 2.05) is 6.07 Å². The summed E-state index contributed by atoms with van der Waals surface area (Å²) in [5, 5.41) is 26.4. The molecule has 6 amide bonds. The van der Waals surface area contributed by atoms with Gasteiger partial charge in [0.25, 0.3) is 0 Å². The molecule has 0 radical (unpaired) electrons. The molecule has 4 saturated heterocycles. The summed E-state index contributed by atoms with van der Waals surface area (Å²) in [5.74, 6) is -4.74. The molecule has 3 aromatic rings. The maximum absolute atomic E-state index is 12.7. The van der Waals surface area contributed by atoms with Crippen LogP contribution < -0.4 is 47.9 Å². The molecule has 1 spiro atoms. The first-order valence-corrected chi connectivity index (χ1v) is 37.7. The lowest BCUT2D eigenvalue weighted by atomic mass is 9.80. The van der Waals surface area contributed by atoms with E-state index >= 15 is 0 Å². The number of Topliss-reactive ketones (excluding diaryl/α,β-unsaturated/α-hetero) is 1. The standard InChI is InChI=1S/C28H38N4O7.C27H38N4O5.C26H34N4O6/c1-18-22(25(33)36-3)24(23(19(2)30-18)26(34)37-4)20-7-5-8-21(17-20)31-27(35)29-11-6-12-32-13-9-28(10-14-32)38-15-16-39-28;1-17-10-14-31(15-11-17)13-7-12-28-27(34)30-21-9-6-8-20(16-21)24-22(25(32)35-4)18(2)29-19(3)23(24)26(33)36-5;1-16-21(24(32)35-3)23(22(17(2)28-16)25(33)36-4)18-7-5-8-19(15-18)29-26(34)27-11-6-12-30-13-9-20(31)10-14-30/h5,7-8,17,24,30H,6,9-16H2,1-4H3,(H2,29,31,35);6,8-9,16-17,24,29H,7,10-15H2,1-5H3,(H2,28,30,34);5,7-8,15,23,28H,6,9-14H2,1-4H3,(H2,27,29,34). The van der Waals surface area contributed by atoms with Gasteiger partial charge < -0.3 is 100 Å². The molecule has 3 aromatic carbocycles. The van der Waals surface area contributed by atoms with Gasteiger partial charge in [0.15, 0.2) is 5.79 Å². The minimum absolute atomic E-state index is 0.296. The summed E-state index contributed by atoms with van der Waals surface area (Å²) < 4.78 is 41.6. The Morgan fingerprint density at radius 3 is 0.964 bits per heavy atom. The van der Waals surface area contributed by atoms with Crippen LogP contribution in [0.15, 0.2) is 140 Å². The first kappa shape index (κ1) is 86.2. The van der Waals surface area contributed by atoms with Crippen LogP contribution in [0, 0.1) is 5.92 Å². The van der Waals surface area contributed by atoms with Gasteiger partial charge in [-0.2, -0.15) is 0 Å². The molecule has 0 unspecified atom stereocenters. The number of likely N-dealkylation sites (tertiary alicyclic amines) is 3. The molecule has 7 aliphatic rings. The van der Waals surface area contributed by atoms with Crippen molar-refractivity contribution in [3.63, 3.8) is 0 Å². The van der Waals surface area contributed by atoms with E-state index in [1.54, 1.807) is 108 Å². The Hall–Kier alpha value is -10.4. The number of allylic oxidation sites excluding steroid dienone is 6. The predicted molar refractivity (Wildman–Crippen MR) is 416 cm³/mol. The number of methoxy groups -OCH3 is 6. The lowest BCUT2D eigenvalue weighted by Gasteiger charge is -2.37. The molecule has 0 bridgehead atoms. The van der Waals surface area contributed by atoms with Crippen LogP contribution in [0.2, 0.25) is 0 Å². The number of nitrogens with zero attached hydrogens (tertiary/aromatic N) is 3. The molecule has 7 aliphatic heterocycles. The summed E-state index contributed by atoms with van der Waals surface area (Å²) in [7, 11) is 7.77. The Labute approximate surface area is 649 Å². The number of esters is 6. The van der Waals surface area contributed by atoms with Gasteiger partial charge in [0.2, 0.25) is 0 Å². The second-order valence-corrected chi connectivity index (χ2v) is 28.3. The van der Waals surface area contributed by atoms with Crippen LogP contribution in [-0.4, -0.2) is 215 Å². The fourth-order valence-corrected chi connectivity index (χ4v) is 14.9. The van der Waals surface area contributed by atoms with Crippen LogP contribution in [0.3, 0.4) is 0 Å². The van der Waals surface area contributed by atoms with Crippen molar-refractivity contribution in [2.45, 2.75) is 130 Å². The van der Waals surface area contributed by atoms with Crippen molar-refractivity contribution in [3.05, 3.63) is 157 Å². The monoisotopic (exact) mass is 1540 g/mol. The highest BCUT2D eigenvalue weighted by Crippen LogP contribution is 2.43. The number of carbonyl (C=O) groups is 10. The number of hydrogen-bond acceptors (Lipinski definition) is 24. The van der Waals surface area contributed by atoms with Crippen LogP contribution >= 0.6 is 0 Å². The Morgan fingerprint density at radius 1 is 0.414 bits per heavy atom. The van der Waals surface area contributed by atoms with Crippen molar-refractivity contribution in [1.29, 1.82) is 0 Å². The normalized spacial score (nSPS) is 18.0. The van der Waals surface area contributed by atoms with Crippen molar-refractivity contribution < 1.29 is 85.8 Å². The molecule has 0 aliphatic carbocycles. The number of hydrogen-bond donors (Lipinski definition) is 9. The number of benzene rings is 3. The second kappa shape index (κ2) is 41.6. The first-order chi connectivity index (χ1) is 53.3. The van der Waals surface area contributed by atoms with Gasteiger partial charge in [-0.15, -0.1) is 0 Å². The Bertz CT molecular complexity index is 3970. The van der Waals surface area contributed by atoms with Crippen LogP contribution in [0.25, 0.3) is 0 Å². The summed E-state index contributed by atoms with van der Waals surface area (Å²) >= 11 is 0. The molecule has 602 valence electrons. The molecule has 0 saturated carbocycles. The zero-order chi connectivity index (χ0) is 80.5. The smallest absolute Gasteiger partial charge is 0.336 e. The highest BCUT2D eigenvalue weighted by Gasteiger charge is 2.43. The maximum Gasteiger partial charge on any atom is 0.336 e. The molecule has 10 rings (SSSR count). The number of urea groups is 3. The predicted octanol–water partition coefficient (Wildman–Crippen LogP) is 8.57. The number of ether oxygens (including phenoxy) is 8.